The number of rotatable bonds is 0. The second-order valence-electron chi connectivity index (χ2n) is 7.09. The first-order valence-electron chi connectivity index (χ1n) is 9.63. The number of para-hydroxylation sites is 1. The van der Waals surface area contributed by atoms with Gasteiger partial charge in [0.2, 0.25) is 17.7 Å². The molecule has 28 heavy (non-hydrogen) atoms. The van der Waals surface area contributed by atoms with E-state index in [1.54, 1.807) is 14.0 Å². The van der Waals surface area contributed by atoms with Crippen molar-refractivity contribution >= 4 is 17.7 Å². The fourth-order valence-corrected chi connectivity index (χ4v) is 2.94. The number of ether oxygens (including phenoxy) is 1. The molecule has 3 N–H and O–H groups in total. The van der Waals surface area contributed by atoms with Crippen LogP contribution in [0.5, 0.6) is 5.75 Å². The predicted octanol–water partition coefficient (Wildman–Crippen LogP) is 0.0690. The van der Waals surface area contributed by atoms with Crippen LogP contribution in [-0.4, -0.2) is 68.0 Å². The van der Waals surface area contributed by atoms with Gasteiger partial charge in [0.15, 0.2) is 0 Å². The molecular formula is C20H30N4O4. The molecule has 0 spiro atoms. The number of carbonyl (C=O) groups excluding carboxylic acids is 3. The molecular weight excluding hydrogens is 360 g/mol. The molecule has 154 valence electrons. The summed E-state index contributed by atoms with van der Waals surface area (Å²) in [5, 5.41) is 8.49. The van der Waals surface area contributed by atoms with Crippen LogP contribution in [0.1, 0.15) is 25.8 Å². The summed E-state index contributed by atoms with van der Waals surface area (Å²) in [6.07, 6.45) is 1.40. The van der Waals surface area contributed by atoms with E-state index < -0.39 is 6.04 Å². The minimum atomic E-state index is -0.457. The van der Waals surface area contributed by atoms with Crippen LogP contribution in [0.4, 0.5) is 0 Å². The van der Waals surface area contributed by atoms with E-state index in [0.717, 1.165) is 24.2 Å². The van der Waals surface area contributed by atoms with Crippen molar-refractivity contribution < 1.29 is 19.1 Å². The molecule has 8 nitrogen and oxygen atoms in total. The minimum Gasteiger partial charge on any atom is -0.489 e. The van der Waals surface area contributed by atoms with E-state index >= 15 is 0 Å². The zero-order valence-corrected chi connectivity index (χ0v) is 16.8. The highest BCUT2D eigenvalue weighted by Crippen LogP contribution is 2.20. The molecule has 0 aromatic heterocycles. The van der Waals surface area contributed by atoms with Gasteiger partial charge in [0.25, 0.3) is 0 Å². The number of likely N-dealkylation sites (N-methyl/N-ethyl adjacent to an activating group) is 1. The minimum absolute atomic E-state index is 0.0996. The van der Waals surface area contributed by atoms with Crippen LogP contribution in [0.2, 0.25) is 0 Å². The predicted molar refractivity (Wildman–Crippen MR) is 106 cm³/mol. The number of nitrogens with zero attached hydrogens (tertiary/aromatic N) is 1. The number of amides is 3. The Hall–Kier alpha value is -2.61. The Morgan fingerprint density at radius 3 is 2.61 bits per heavy atom. The fraction of sp³-hybridized carbons (Fsp3) is 0.550. The molecule has 1 aliphatic heterocycles. The van der Waals surface area contributed by atoms with E-state index in [2.05, 4.69) is 16.0 Å². The van der Waals surface area contributed by atoms with Gasteiger partial charge in [-0.15, -0.1) is 0 Å². The van der Waals surface area contributed by atoms with Gasteiger partial charge in [0.05, 0.1) is 19.1 Å². The molecule has 8 heteroatoms. The topological polar surface area (TPSA) is 99.8 Å². The number of fused-ring (bicyclic) bond motifs is 1. The Labute approximate surface area is 166 Å². The summed E-state index contributed by atoms with van der Waals surface area (Å²) in [7, 11) is 1.56. The fourth-order valence-electron chi connectivity index (χ4n) is 2.94. The van der Waals surface area contributed by atoms with Crippen molar-refractivity contribution in [3.05, 3.63) is 29.8 Å². The number of hydrogen-bond acceptors (Lipinski definition) is 5. The monoisotopic (exact) mass is 390 g/mol. The van der Waals surface area contributed by atoms with Crippen LogP contribution < -0.4 is 20.7 Å². The van der Waals surface area contributed by atoms with Crippen LogP contribution >= 0.6 is 0 Å². The highest BCUT2D eigenvalue weighted by molar-refractivity contribution is 5.89. The molecule has 2 atom stereocenters. The number of aryl methyl sites for hydroxylation is 1. The van der Waals surface area contributed by atoms with E-state index in [1.165, 1.54) is 4.90 Å². The number of nitrogens with one attached hydrogen (secondary N) is 3. The van der Waals surface area contributed by atoms with Gasteiger partial charge in [-0.2, -0.15) is 0 Å². The third kappa shape index (κ3) is 6.84. The van der Waals surface area contributed by atoms with Crippen LogP contribution in [0.3, 0.4) is 0 Å². The van der Waals surface area contributed by atoms with Gasteiger partial charge in [-0.1, -0.05) is 18.2 Å². The lowest BCUT2D eigenvalue weighted by Crippen LogP contribution is -2.49. The largest absolute Gasteiger partial charge is 0.489 e. The lowest BCUT2D eigenvalue weighted by molar-refractivity contribution is -0.136. The molecule has 0 radical (unpaired) electrons. The smallest absolute Gasteiger partial charge is 0.240 e. The van der Waals surface area contributed by atoms with Crippen molar-refractivity contribution in [1.29, 1.82) is 0 Å². The molecule has 1 aliphatic rings. The van der Waals surface area contributed by atoms with E-state index in [9.17, 15) is 14.4 Å². The molecule has 1 aromatic rings. The summed E-state index contributed by atoms with van der Waals surface area (Å²) in [4.78, 5) is 37.6. The molecule has 2 unspecified atom stereocenters. The van der Waals surface area contributed by atoms with Gasteiger partial charge >= 0.3 is 0 Å². The van der Waals surface area contributed by atoms with E-state index in [4.69, 9.17) is 4.74 Å². The van der Waals surface area contributed by atoms with Gasteiger partial charge < -0.3 is 25.6 Å². The van der Waals surface area contributed by atoms with Crippen LogP contribution in [0.25, 0.3) is 0 Å². The maximum absolute atomic E-state index is 12.4. The third-order valence-electron chi connectivity index (χ3n) is 4.53. The van der Waals surface area contributed by atoms with Gasteiger partial charge in [0.1, 0.15) is 11.9 Å². The first-order valence-corrected chi connectivity index (χ1v) is 9.63. The zero-order valence-electron chi connectivity index (χ0n) is 16.8. The molecule has 0 aliphatic carbocycles. The van der Waals surface area contributed by atoms with Crippen molar-refractivity contribution in [3.8, 4) is 5.75 Å². The molecule has 1 aromatic carbocycles. The second kappa shape index (κ2) is 10.7. The number of hydrogen-bond donors (Lipinski definition) is 3. The molecule has 0 saturated carbocycles. The molecule has 0 bridgehead atoms. The summed E-state index contributed by atoms with van der Waals surface area (Å²) >= 11 is 0. The Bertz CT molecular complexity index is 695. The lowest BCUT2D eigenvalue weighted by Gasteiger charge is -2.24. The highest BCUT2D eigenvalue weighted by atomic mass is 16.5. The summed E-state index contributed by atoms with van der Waals surface area (Å²) in [6, 6.07) is 7.37. The molecule has 1 heterocycles. The van der Waals surface area contributed by atoms with Crippen LogP contribution in [0.15, 0.2) is 24.3 Å². The van der Waals surface area contributed by atoms with E-state index in [1.807, 2.05) is 31.2 Å². The Balaban J connectivity index is 2.08. The first-order chi connectivity index (χ1) is 13.4. The summed E-state index contributed by atoms with van der Waals surface area (Å²) in [6.45, 7) is 4.50. The third-order valence-corrected chi connectivity index (χ3v) is 4.53. The van der Waals surface area contributed by atoms with Crippen molar-refractivity contribution in [3.63, 3.8) is 0 Å². The Morgan fingerprint density at radius 2 is 1.82 bits per heavy atom. The Morgan fingerprint density at radius 1 is 1.07 bits per heavy atom. The second-order valence-corrected chi connectivity index (χ2v) is 7.09. The van der Waals surface area contributed by atoms with Crippen molar-refractivity contribution in [1.82, 2.24) is 20.9 Å². The number of carbonyl (C=O) groups is 3. The maximum Gasteiger partial charge on any atom is 0.240 e. The van der Waals surface area contributed by atoms with Gasteiger partial charge in [-0.25, -0.2) is 0 Å². The normalized spacial score (nSPS) is 23.5. The van der Waals surface area contributed by atoms with Gasteiger partial charge in [-0.05, 0) is 38.3 Å². The molecule has 2 rings (SSSR count). The SMILES string of the molecule is CC1CNC(C)C(=O)N(C)CC(=O)NCC(=O)NCCCc2ccccc2O1. The summed E-state index contributed by atoms with van der Waals surface area (Å²) in [5.74, 6) is -0.0116. The molecule has 0 fully saturated rings. The van der Waals surface area contributed by atoms with E-state index in [-0.39, 0.29) is 36.9 Å². The van der Waals surface area contributed by atoms with Gasteiger partial charge in [0, 0.05) is 20.1 Å². The van der Waals surface area contributed by atoms with Crippen molar-refractivity contribution in [2.45, 2.75) is 38.8 Å². The van der Waals surface area contributed by atoms with Crippen LogP contribution in [0, 0.1) is 0 Å². The number of benzene rings is 1. The highest BCUT2D eigenvalue weighted by Gasteiger charge is 2.20. The van der Waals surface area contributed by atoms with E-state index in [0.29, 0.717) is 13.1 Å². The first kappa shape index (κ1) is 21.7. The standard InChI is InChI=1S/C20H30N4O4/c1-14-11-22-15(2)20(27)24(3)13-19(26)23-12-18(25)21-10-6-8-16-7-4-5-9-17(16)28-14/h4-5,7,9,14-15,22H,6,8,10-13H2,1-3H3,(H,21,25)(H,23,26). The van der Waals surface area contributed by atoms with Crippen molar-refractivity contribution in [2.75, 3.05) is 33.2 Å². The average molecular weight is 390 g/mol. The van der Waals surface area contributed by atoms with Crippen LogP contribution in [-0.2, 0) is 20.8 Å². The maximum atomic E-state index is 12.4. The molecule has 3 amide bonds. The van der Waals surface area contributed by atoms with Crippen molar-refractivity contribution in [2.24, 2.45) is 0 Å². The summed E-state index contributed by atoms with van der Waals surface area (Å²) in [5.41, 5.74) is 1.07. The quantitative estimate of drug-likeness (QED) is 0.582. The average Bonchev–Trinajstić information content (AvgIpc) is 2.67. The molecule has 0 saturated heterocycles. The Kier molecular flexibility index (Phi) is 8.25. The zero-order chi connectivity index (χ0) is 20.5. The summed E-state index contributed by atoms with van der Waals surface area (Å²) < 4.78 is 6.05. The van der Waals surface area contributed by atoms with Gasteiger partial charge in [-0.3, -0.25) is 14.4 Å². The lowest BCUT2D eigenvalue weighted by atomic mass is 10.1.